The molecule has 0 radical (unpaired) electrons. The third-order valence-corrected chi connectivity index (χ3v) is 1.64. The first-order valence-electron chi connectivity index (χ1n) is 5.53. The first-order valence-corrected chi connectivity index (χ1v) is 5.53. The van der Waals surface area contributed by atoms with Crippen LogP contribution < -0.4 is 5.32 Å². The average Bonchev–Trinajstić information content (AvgIpc) is 2.13. The summed E-state index contributed by atoms with van der Waals surface area (Å²) in [4.78, 5) is 33.5. The molecular weight excluding hydrogens is 242 g/mol. The molecule has 0 saturated heterocycles. The highest BCUT2D eigenvalue weighted by Gasteiger charge is 2.29. The van der Waals surface area contributed by atoms with Crippen molar-refractivity contribution in [2.24, 2.45) is 0 Å². The van der Waals surface area contributed by atoms with Crippen LogP contribution in [0.25, 0.3) is 0 Å². The molecule has 0 rings (SSSR count). The molecule has 18 heavy (non-hydrogen) atoms. The summed E-state index contributed by atoms with van der Waals surface area (Å²) in [6.07, 6.45) is -1.41. The summed E-state index contributed by atoms with van der Waals surface area (Å²) in [5.41, 5.74) is -0.760. The largest absolute Gasteiger partial charge is 0.481 e. The van der Waals surface area contributed by atoms with Gasteiger partial charge in [-0.05, 0) is 27.7 Å². The van der Waals surface area contributed by atoms with Crippen molar-refractivity contribution in [3.05, 3.63) is 0 Å². The molecule has 7 nitrogen and oxygen atoms in total. The molecular formula is C11H19NO6. The topological polar surface area (TPSA) is 102 Å². The predicted molar refractivity (Wildman–Crippen MR) is 62.0 cm³/mol. The quantitative estimate of drug-likeness (QED) is 0.713. The van der Waals surface area contributed by atoms with Crippen LogP contribution in [0.1, 0.15) is 34.1 Å². The van der Waals surface area contributed by atoms with Gasteiger partial charge in [0.05, 0.1) is 13.0 Å². The van der Waals surface area contributed by atoms with Crippen molar-refractivity contribution in [3.8, 4) is 0 Å². The van der Waals surface area contributed by atoms with Crippen LogP contribution >= 0.6 is 0 Å². The molecule has 0 saturated carbocycles. The van der Waals surface area contributed by atoms with E-state index < -0.39 is 36.1 Å². The molecule has 0 aromatic rings. The van der Waals surface area contributed by atoms with Crippen molar-refractivity contribution in [1.82, 2.24) is 5.32 Å². The molecule has 0 aliphatic carbocycles. The van der Waals surface area contributed by atoms with Gasteiger partial charge in [0.15, 0.2) is 0 Å². The summed E-state index contributed by atoms with van der Waals surface area (Å²) in [5, 5.41) is 10.8. The standard InChI is InChI=1S/C11H19NO6/c1-5-17-10(16)12-7(6-8(13)14)9(15)18-11(2,3)4/h7H,5-6H2,1-4H3,(H,12,16)(H,13,14). The first kappa shape index (κ1) is 16.2. The molecule has 0 aliphatic rings. The molecule has 104 valence electrons. The van der Waals surface area contributed by atoms with Crippen LogP contribution in [-0.2, 0) is 19.1 Å². The highest BCUT2D eigenvalue weighted by atomic mass is 16.6. The second kappa shape index (κ2) is 6.83. The Kier molecular flexibility index (Phi) is 6.15. The lowest BCUT2D eigenvalue weighted by atomic mass is 10.1. The molecule has 0 heterocycles. The highest BCUT2D eigenvalue weighted by Crippen LogP contribution is 2.10. The van der Waals surface area contributed by atoms with Crippen LogP contribution in [0.4, 0.5) is 4.79 Å². The summed E-state index contributed by atoms with van der Waals surface area (Å²) in [7, 11) is 0. The lowest BCUT2D eigenvalue weighted by Crippen LogP contribution is -2.45. The third kappa shape index (κ3) is 7.48. The van der Waals surface area contributed by atoms with Crippen molar-refractivity contribution in [1.29, 1.82) is 0 Å². The van der Waals surface area contributed by atoms with E-state index in [0.29, 0.717) is 0 Å². The number of hydrogen-bond donors (Lipinski definition) is 2. The number of carboxylic acid groups (broad SMARTS) is 1. The van der Waals surface area contributed by atoms with E-state index >= 15 is 0 Å². The lowest BCUT2D eigenvalue weighted by Gasteiger charge is -2.23. The van der Waals surface area contributed by atoms with E-state index in [1.807, 2.05) is 0 Å². The zero-order chi connectivity index (χ0) is 14.3. The Labute approximate surface area is 105 Å². The monoisotopic (exact) mass is 261 g/mol. The first-order chi connectivity index (χ1) is 8.15. The number of alkyl carbamates (subject to hydrolysis) is 1. The molecule has 2 N–H and O–H groups in total. The molecule has 0 aromatic heterocycles. The molecule has 1 atom stereocenters. The Morgan fingerprint density at radius 3 is 2.22 bits per heavy atom. The number of esters is 1. The summed E-state index contributed by atoms with van der Waals surface area (Å²) in [5.74, 6) is -2.03. The van der Waals surface area contributed by atoms with Gasteiger partial charge in [-0.2, -0.15) is 0 Å². The van der Waals surface area contributed by atoms with E-state index in [4.69, 9.17) is 9.84 Å². The fraction of sp³-hybridized carbons (Fsp3) is 0.727. The Morgan fingerprint density at radius 1 is 1.28 bits per heavy atom. The van der Waals surface area contributed by atoms with E-state index in [1.54, 1.807) is 27.7 Å². The van der Waals surface area contributed by atoms with Crippen LogP contribution in [0.15, 0.2) is 0 Å². The Bertz CT molecular complexity index is 320. The fourth-order valence-corrected chi connectivity index (χ4v) is 1.06. The van der Waals surface area contributed by atoms with Crippen molar-refractivity contribution >= 4 is 18.0 Å². The number of ether oxygens (including phenoxy) is 2. The SMILES string of the molecule is CCOC(=O)NC(CC(=O)O)C(=O)OC(C)(C)C. The summed E-state index contributed by atoms with van der Waals surface area (Å²) in [6.45, 7) is 6.66. The molecule has 0 spiro atoms. The van der Waals surface area contributed by atoms with E-state index in [0.717, 1.165) is 0 Å². The minimum Gasteiger partial charge on any atom is -0.481 e. The van der Waals surface area contributed by atoms with Gasteiger partial charge in [-0.15, -0.1) is 0 Å². The van der Waals surface area contributed by atoms with Crippen LogP contribution in [0.5, 0.6) is 0 Å². The summed E-state index contributed by atoms with van der Waals surface area (Å²) >= 11 is 0. The second-order valence-electron chi connectivity index (χ2n) is 4.55. The van der Waals surface area contributed by atoms with Gasteiger partial charge < -0.3 is 19.9 Å². The molecule has 0 aliphatic heterocycles. The van der Waals surface area contributed by atoms with Crippen LogP contribution in [0.2, 0.25) is 0 Å². The summed E-state index contributed by atoms with van der Waals surface area (Å²) < 4.78 is 9.59. The lowest BCUT2D eigenvalue weighted by molar-refractivity contribution is -0.159. The molecule has 0 bridgehead atoms. The van der Waals surface area contributed by atoms with Gasteiger partial charge in [-0.25, -0.2) is 9.59 Å². The number of carboxylic acids is 1. The number of rotatable bonds is 5. The van der Waals surface area contributed by atoms with Crippen molar-refractivity contribution < 1.29 is 29.0 Å². The highest BCUT2D eigenvalue weighted by molar-refractivity contribution is 5.85. The molecule has 1 amide bonds. The molecule has 0 fully saturated rings. The van der Waals surface area contributed by atoms with Crippen molar-refractivity contribution in [2.45, 2.75) is 45.8 Å². The zero-order valence-electron chi connectivity index (χ0n) is 11.0. The Balaban J connectivity index is 4.62. The fourth-order valence-electron chi connectivity index (χ4n) is 1.06. The second-order valence-corrected chi connectivity index (χ2v) is 4.55. The van der Waals surface area contributed by atoms with Gasteiger partial charge in [0.2, 0.25) is 0 Å². The normalized spacial score (nSPS) is 12.4. The number of carbonyl (C=O) groups is 3. The Morgan fingerprint density at radius 2 is 1.83 bits per heavy atom. The number of hydrogen-bond acceptors (Lipinski definition) is 5. The maximum absolute atomic E-state index is 11.7. The molecule has 1 unspecified atom stereocenters. The van der Waals surface area contributed by atoms with Gasteiger partial charge >= 0.3 is 18.0 Å². The smallest absolute Gasteiger partial charge is 0.407 e. The van der Waals surface area contributed by atoms with Gasteiger partial charge in [-0.3, -0.25) is 4.79 Å². The van der Waals surface area contributed by atoms with Crippen molar-refractivity contribution in [3.63, 3.8) is 0 Å². The van der Waals surface area contributed by atoms with Gasteiger partial charge in [-0.1, -0.05) is 0 Å². The minimum atomic E-state index is -1.26. The molecule has 7 heteroatoms. The average molecular weight is 261 g/mol. The number of nitrogens with one attached hydrogen (secondary N) is 1. The Hall–Kier alpha value is -1.79. The van der Waals surface area contributed by atoms with E-state index in [1.165, 1.54) is 0 Å². The predicted octanol–water partition coefficient (Wildman–Crippen LogP) is 0.917. The minimum absolute atomic E-state index is 0.125. The number of aliphatic carboxylic acids is 1. The number of carbonyl (C=O) groups excluding carboxylic acids is 2. The molecule has 0 aromatic carbocycles. The maximum atomic E-state index is 11.7. The van der Waals surface area contributed by atoms with Gasteiger partial charge in [0.1, 0.15) is 11.6 Å². The maximum Gasteiger partial charge on any atom is 0.407 e. The number of amides is 1. The van der Waals surface area contributed by atoms with Crippen molar-refractivity contribution in [2.75, 3.05) is 6.61 Å². The summed E-state index contributed by atoms with van der Waals surface area (Å²) in [6, 6.07) is -1.26. The van der Waals surface area contributed by atoms with E-state index in [9.17, 15) is 14.4 Å². The zero-order valence-corrected chi connectivity index (χ0v) is 11.0. The van der Waals surface area contributed by atoms with Crippen LogP contribution in [0.3, 0.4) is 0 Å². The van der Waals surface area contributed by atoms with E-state index in [-0.39, 0.29) is 6.61 Å². The van der Waals surface area contributed by atoms with Gasteiger partial charge in [0.25, 0.3) is 0 Å². The van der Waals surface area contributed by atoms with Gasteiger partial charge in [0, 0.05) is 0 Å². The van der Waals surface area contributed by atoms with Crippen LogP contribution in [0, 0.1) is 0 Å². The van der Waals surface area contributed by atoms with E-state index in [2.05, 4.69) is 10.1 Å². The van der Waals surface area contributed by atoms with Crippen LogP contribution in [-0.4, -0.2) is 41.4 Å². The third-order valence-electron chi connectivity index (χ3n) is 1.64.